The van der Waals surface area contributed by atoms with Crippen molar-refractivity contribution in [2.45, 2.75) is 43.8 Å². The van der Waals surface area contributed by atoms with E-state index in [0.717, 1.165) is 17.8 Å². The molecule has 0 bridgehead atoms. The lowest BCUT2D eigenvalue weighted by molar-refractivity contribution is 0.101. The number of carbonyl (C=O) groups is 1. The summed E-state index contributed by atoms with van der Waals surface area (Å²) in [5.41, 5.74) is 1.90. The molecule has 19 heavy (non-hydrogen) atoms. The Bertz CT molecular complexity index is 421. The molecule has 1 fully saturated rings. The molecule has 0 spiro atoms. The van der Waals surface area contributed by atoms with Crippen LogP contribution in [0.1, 0.15) is 49.4 Å². The maximum atomic E-state index is 11.2. The van der Waals surface area contributed by atoms with E-state index in [4.69, 9.17) is 0 Å². The lowest BCUT2D eigenvalue weighted by Gasteiger charge is -2.36. The van der Waals surface area contributed by atoms with Crippen LogP contribution in [0.5, 0.6) is 0 Å². The van der Waals surface area contributed by atoms with Crippen LogP contribution in [0.4, 0.5) is 5.69 Å². The minimum absolute atomic E-state index is 0.124. The fourth-order valence-electron chi connectivity index (χ4n) is 2.74. The molecule has 2 rings (SSSR count). The van der Waals surface area contributed by atoms with Crippen LogP contribution in [0.3, 0.4) is 0 Å². The number of anilines is 1. The van der Waals surface area contributed by atoms with E-state index >= 15 is 0 Å². The van der Waals surface area contributed by atoms with E-state index in [1.807, 2.05) is 36.0 Å². The fraction of sp³-hybridized carbons (Fsp3) is 0.562. The molecule has 104 valence electrons. The Labute approximate surface area is 120 Å². The first-order valence-electron chi connectivity index (χ1n) is 7.05. The maximum absolute atomic E-state index is 11.2. The van der Waals surface area contributed by atoms with Crippen molar-refractivity contribution in [3.63, 3.8) is 0 Å². The van der Waals surface area contributed by atoms with Gasteiger partial charge in [0.05, 0.1) is 0 Å². The van der Waals surface area contributed by atoms with Crippen molar-refractivity contribution in [1.82, 2.24) is 0 Å². The zero-order valence-corrected chi connectivity index (χ0v) is 12.7. The molecule has 2 nitrogen and oxygen atoms in total. The second-order valence-corrected chi connectivity index (χ2v) is 6.71. The molecule has 1 aromatic rings. The molecular formula is C16H23NOS. The van der Waals surface area contributed by atoms with Gasteiger partial charge in [-0.05, 0) is 50.3 Å². The summed E-state index contributed by atoms with van der Waals surface area (Å²) in [6.07, 6.45) is 8.94. The minimum Gasteiger partial charge on any atom is -0.384 e. The van der Waals surface area contributed by atoms with Gasteiger partial charge in [0, 0.05) is 22.5 Å². The van der Waals surface area contributed by atoms with E-state index in [0.29, 0.717) is 4.75 Å². The maximum Gasteiger partial charge on any atom is 0.159 e. The number of benzene rings is 1. The highest BCUT2D eigenvalue weighted by molar-refractivity contribution is 8.00. The van der Waals surface area contributed by atoms with Gasteiger partial charge in [-0.25, -0.2) is 0 Å². The van der Waals surface area contributed by atoms with Crippen LogP contribution >= 0.6 is 11.8 Å². The average Bonchev–Trinajstić information content (AvgIpc) is 2.46. The topological polar surface area (TPSA) is 29.1 Å². The molecular weight excluding hydrogens is 254 g/mol. The summed E-state index contributed by atoms with van der Waals surface area (Å²) in [7, 11) is 0. The number of ketones is 1. The molecule has 0 amide bonds. The van der Waals surface area contributed by atoms with Gasteiger partial charge >= 0.3 is 0 Å². The predicted molar refractivity (Wildman–Crippen MR) is 84.3 cm³/mol. The van der Waals surface area contributed by atoms with Crippen LogP contribution < -0.4 is 5.32 Å². The van der Waals surface area contributed by atoms with Crippen molar-refractivity contribution in [2.24, 2.45) is 0 Å². The molecule has 0 radical (unpaired) electrons. The number of rotatable bonds is 5. The van der Waals surface area contributed by atoms with Gasteiger partial charge in [0.1, 0.15) is 0 Å². The molecule has 1 saturated carbocycles. The third-order valence-electron chi connectivity index (χ3n) is 4.10. The van der Waals surface area contributed by atoms with E-state index in [1.54, 1.807) is 6.92 Å². The zero-order valence-electron chi connectivity index (χ0n) is 11.9. The highest BCUT2D eigenvalue weighted by Gasteiger charge is 2.30. The summed E-state index contributed by atoms with van der Waals surface area (Å²) in [5, 5.41) is 3.54. The summed E-state index contributed by atoms with van der Waals surface area (Å²) in [4.78, 5) is 11.2. The Hall–Kier alpha value is -0.960. The first-order valence-corrected chi connectivity index (χ1v) is 8.28. The second-order valence-electron chi connectivity index (χ2n) is 5.43. The first-order chi connectivity index (χ1) is 9.15. The molecule has 3 heteroatoms. The van der Waals surface area contributed by atoms with Gasteiger partial charge in [-0.2, -0.15) is 11.8 Å². The van der Waals surface area contributed by atoms with Crippen LogP contribution in [0.25, 0.3) is 0 Å². The smallest absolute Gasteiger partial charge is 0.159 e. The van der Waals surface area contributed by atoms with Crippen LogP contribution in [0.2, 0.25) is 0 Å². The third kappa shape index (κ3) is 3.75. The Morgan fingerprint density at radius 1 is 1.21 bits per heavy atom. The molecule has 0 unspecified atom stereocenters. The van der Waals surface area contributed by atoms with Crippen molar-refractivity contribution in [3.8, 4) is 0 Å². The SMILES string of the molecule is CSC1(CNc2ccc(C(C)=O)cc2)CCCCC1. The number of thioether (sulfide) groups is 1. The number of nitrogens with one attached hydrogen (secondary N) is 1. The molecule has 0 atom stereocenters. The van der Waals surface area contributed by atoms with Crippen molar-refractivity contribution in [3.05, 3.63) is 29.8 Å². The van der Waals surface area contributed by atoms with Gasteiger partial charge in [-0.1, -0.05) is 19.3 Å². The fourth-order valence-corrected chi connectivity index (χ4v) is 3.65. The summed E-state index contributed by atoms with van der Waals surface area (Å²) in [6.45, 7) is 2.63. The van der Waals surface area contributed by atoms with Crippen molar-refractivity contribution in [2.75, 3.05) is 18.1 Å². The number of hydrogen-bond donors (Lipinski definition) is 1. The largest absolute Gasteiger partial charge is 0.384 e. The average molecular weight is 277 g/mol. The molecule has 1 aliphatic carbocycles. The van der Waals surface area contributed by atoms with Gasteiger partial charge < -0.3 is 5.32 Å². The van der Waals surface area contributed by atoms with E-state index in [9.17, 15) is 4.79 Å². The third-order valence-corrected chi connectivity index (χ3v) is 5.52. The summed E-state index contributed by atoms with van der Waals surface area (Å²) < 4.78 is 0.400. The first kappa shape index (κ1) is 14.4. The van der Waals surface area contributed by atoms with E-state index in [2.05, 4.69) is 11.6 Å². The van der Waals surface area contributed by atoms with Crippen molar-refractivity contribution < 1.29 is 4.79 Å². The van der Waals surface area contributed by atoms with Crippen LogP contribution in [0.15, 0.2) is 24.3 Å². The van der Waals surface area contributed by atoms with Crippen LogP contribution in [-0.2, 0) is 0 Å². The molecule has 0 aliphatic heterocycles. The Balaban J connectivity index is 1.95. The highest BCUT2D eigenvalue weighted by atomic mass is 32.2. The molecule has 1 N–H and O–H groups in total. The van der Waals surface area contributed by atoms with Crippen LogP contribution in [-0.4, -0.2) is 23.3 Å². The number of carbonyl (C=O) groups excluding carboxylic acids is 1. The van der Waals surface area contributed by atoms with Gasteiger partial charge in [0.15, 0.2) is 5.78 Å². The van der Waals surface area contributed by atoms with Gasteiger partial charge in [-0.15, -0.1) is 0 Å². The number of hydrogen-bond acceptors (Lipinski definition) is 3. The monoisotopic (exact) mass is 277 g/mol. The van der Waals surface area contributed by atoms with Crippen LogP contribution in [0, 0.1) is 0 Å². The van der Waals surface area contributed by atoms with E-state index < -0.39 is 0 Å². The van der Waals surface area contributed by atoms with Gasteiger partial charge in [-0.3, -0.25) is 4.79 Å². The standard InChI is InChI=1S/C16H23NOS/c1-13(18)14-6-8-15(9-7-14)17-12-16(19-2)10-4-3-5-11-16/h6-9,17H,3-5,10-12H2,1-2H3. The minimum atomic E-state index is 0.124. The lowest BCUT2D eigenvalue weighted by atomic mass is 9.88. The molecule has 0 heterocycles. The quantitative estimate of drug-likeness (QED) is 0.810. The van der Waals surface area contributed by atoms with Crippen molar-refractivity contribution in [1.29, 1.82) is 0 Å². The Morgan fingerprint density at radius 3 is 2.37 bits per heavy atom. The van der Waals surface area contributed by atoms with E-state index in [1.165, 1.54) is 32.1 Å². The second kappa shape index (κ2) is 6.47. The molecule has 1 aromatic carbocycles. The molecule has 0 saturated heterocycles. The Kier molecular flexibility index (Phi) is 4.92. The normalized spacial score (nSPS) is 18.0. The zero-order chi connectivity index (χ0) is 13.7. The van der Waals surface area contributed by atoms with Crippen molar-refractivity contribution >= 4 is 23.2 Å². The summed E-state index contributed by atoms with van der Waals surface area (Å²) in [5.74, 6) is 0.124. The summed E-state index contributed by atoms with van der Waals surface area (Å²) in [6, 6.07) is 7.82. The van der Waals surface area contributed by atoms with Gasteiger partial charge in [0.2, 0.25) is 0 Å². The number of Topliss-reactive ketones (excluding diaryl/α,β-unsaturated/α-hetero) is 1. The summed E-state index contributed by atoms with van der Waals surface area (Å²) >= 11 is 2.00. The molecule has 1 aliphatic rings. The molecule has 0 aromatic heterocycles. The Morgan fingerprint density at radius 2 is 1.84 bits per heavy atom. The lowest BCUT2D eigenvalue weighted by Crippen LogP contribution is -2.35. The van der Waals surface area contributed by atoms with E-state index in [-0.39, 0.29) is 5.78 Å². The van der Waals surface area contributed by atoms with Gasteiger partial charge in [0.25, 0.3) is 0 Å². The highest BCUT2D eigenvalue weighted by Crippen LogP contribution is 2.38. The predicted octanol–water partition coefficient (Wildman–Crippen LogP) is 4.37.